The van der Waals surface area contributed by atoms with Crippen LogP contribution in [0.5, 0.6) is 0 Å². The number of aryl methyl sites for hydroxylation is 1. The van der Waals surface area contributed by atoms with Gasteiger partial charge in [-0.2, -0.15) is 5.10 Å². The van der Waals surface area contributed by atoms with Crippen molar-refractivity contribution in [3.63, 3.8) is 0 Å². The average molecular weight is 336 g/mol. The van der Waals surface area contributed by atoms with E-state index < -0.39 is 0 Å². The lowest BCUT2D eigenvalue weighted by Gasteiger charge is -2.24. The van der Waals surface area contributed by atoms with E-state index in [1.54, 1.807) is 4.68 Å². The zero-order valence-electron chi connectivity index (χ0n) is 13.6. The highest BCUT2D eigenvalue weighted by atomic mass is 35.5. The van der Waals surface area contributed by atoms with Gasteiger partial charge in [-0.1, -0.05) is 43.6 Å². The van der Waals surface area contributed by atoms with Gasteiger partial charge in [-0.25, -0.2) is 9.78 Å². The summed E-state index contributed by atoms with van der Waals surface area (Å²) in [6.45, 7) is 4.59. The maximum atomic E-state index is 12.1. The molecule has 7 heteroatoms. The first kappa shape index (κ1) is 17.3. The highest BCUT2D eigenvalue weighted by molar-refractivity contribution is 6.31. The maximum absolute atomic E-state index is 12.1. The molecular formula is C16H22ClN5O. The van der Waals surface area contributed by atoms with E-state index in [2.05, 4.69) is 20.7 Å². The van der Waals surface area contributed by atoms with Gasteiger partial charge in [0.15, 0.2) is 0 Å². The van der Waals surface area contributed by atoms with E-state index in [0.717, 1.165) is 11.4 Å². The molecule has 0 aliphatic rings. The van der Waals surface area contributed by atoms with Crippen molar-refractivity contribution in [2.45, 2.75) is 26.3 Å². The summed E-state index contributed by atoms with van der Waals surface area (Å²) in [6, 6.07) is 7.21. The number of halogens is 1. The maximum Gasteiger partial charge on any atom is 0.315 e. The van der Waals surface area contributed by atoms with Crippen LogP contribution in [0.15, 0.2) is 30.6 Å². The number of hydrogen-bond donors (Lipinski definition) is 2. The van der Waals surface area contributed by atoms with Crippen molar-refractivity contribution in [1.29, 1.82) is 0 Å². The molecule has 0 radical (unpaired) electrons. The molecule has 2 rings (SSSR count). The van der Waals surface area contributed by atoms with Crippen LogP contribution in [0.1, 0.15) is 31.3 Å². The van der Waals surface area contributed by atoms with Gasteiger partial charge in [-0.15, -0.1) is 0 Å². The molecule has 23 heavy (non-hydrogen) atoms. The first-order valence-corrected chi connectivity index (χ1v) is 7.98. The van der Waals surface area contributed by atoms with Crippen LogP contribution in [0.2, 0.25) is 5.02 Å². The molecule has 0 spiro atoms. The predicted molar refractivity (Wildman–Crippen MR) is 90.3 cm³/mol. The highest BCUT2D eigenvalue weighted by Gasteiger charge is 2.20. The Morgan fingerprint density at radius 3 is 2.70 bits per heavy atom. The van der Waals surface area contributed by atoms with Gasteiger partial charge in [0, 0.05) is 25.0 Å². The van der Waals surface area contributed by atoms with Crippen LogP contribution in [0.25, 0.3) is 0 Å². The molecule has 0 aliphatic heterocycles. The number of carbonyl (C=O) groups is 1. The lowest BCUT2D eigenvalue weighted by molar-refractivity contribution is 0.233. The number of nitrogens with one attached hydrogen (secondary N) is 2. The van der Waals surface area contributed by atoms with Gasteiger partial charge in [-0.05, 0) is 17.5 Å². The van der Waals surface area contributed by atoms with Crippen molar-refractivity contribution in [1.82, 2.24) is 25.4 Å². The Bertz CT molecular complexity index is 655. The SMILES string of the molecule is CC(C)[C@H](NC(=O)NCCc1ncnn1C)c1ccccc1Cl. The number of carbonyl (C=O) groups excluding carboxylic acids is 1. The molecule has 0 saturated carbocycles. The van der Waals surface area contributed by atoms with Crippen LogP contribution in [0.4, 0.5) is 4.79 Å². The average Bonchev–Trinajstić information content (AvgIpc) is 2.91. The molecule has 0 bridgehead atoms. The number of rotatable bonds is 6. The van der Waals surface area contributed by atoms with Crippen molar-refractivity contribution in [3.05, 3.63) is 47.0 Å². The number of benzene rings is 1. The van der Waals surface area contributed by atoms with E-state index in [1.165, 1.54) is 6.33 Å². The largest absolute Gasteiger partial charge is 0.338 e. The first-order valence-electron chi connectivity index (χ1n) is 7.60. The van der Waals surface area contributed by atoms with Crippen molar-refractivity contribution in [2.75, 3.05) is 6.54 Å². The number of hydrogen-bond acceptors (Lipinski definition) is 3. The molecule has 1 aromatic heterocycles. The summed E-state index contributed by atoms with van der Waals surface area (Å²) in [5.74, 6) is 1.05. The minimum Gasteiger partial charge on any atom is -0.338 e. The molecule has 6 nitrogen and oxygen atoms in total. The third kappa shape index (κ3) is 4.69. The Balaban J connectivity index is 1.91. The minimum atomic E-state index is -0.217. The Kier molecular flexibility index (Phi) is 5.98. The monoisotopic (exact) mass is 335 g/mol. The second-order valence-electron chi connectivity index (χ2n) is 5.69. The van der Waals surface area contributed by atoms with Crippen LogP contribution in [0.3, 0.4) is 0 Å². The van der Waals surface area contributed by atoms with Crippen molar-refractivity contribution >= 4 is 17.6 Å². The van der Waals surface area contributed by atoms with E-state index >= 15 is 0 Å². The van der Waals surface area contributed by atoms with Gasteiger partial charge in [0.25, 0.3) is 0 Å². The first-order chi connectivity index (χ1) is 11.0. The smallest absolute Gasteiger partial charge is 0.315 e. The molecule has 0 saturated heterocycles. The van der Waals surface area contributed by atoms with Gasteiger partial charge in [-0.3, -0.25) is 4.68 Å². The fraction of sp³-hybridized carbons (Fsp3) is 0.438. The summed E-state index contributed by atoms with van der Waals surface area (Å²) < 4.78 is 1.69. The van der Waals surface area contributed by atoms with Gasteiger partial charge >= 0.3 is 6.03 Å². The summed E-state index contributed by atoms with van der Waals surface area (Å²) in [5, 5.41) is 10.5. The van der Waals surface area contributed by atoms with Crippen LogP contribution in [-0.2, 0) is 13.5 Å². The van der Waals surface area contributed by atoms with E-state index in [9.17, 15) is 4.79 Å². The predicted octanol–water partition coefficient (Wildman–Crippen LogP) is 2.71. The van der Waals surface area contributed by atoms with E-state index in [-0.39, 0.29) is 18.0 Å². The molecule has 124 valence electrons. The zero-order valence-corrected chi connectivity index (χ0v) is 14.3. The van der Waals surface area contributed by atoms with Crippen molar-refractivity contribution in [2.24, 2.45) is 13.0 Å². The summed E-state index contributed by atoms with van der Waals surface area (Å²) in [7, 11) is 1.83. The molecule has 0 unspecified atom stereocenters. The Hall–Kier alpha value is -2.08. The van der Waals surface area contributed by atoms with Gasteiger partial charge < -0.3 is 10.6 Å². The van der Waals surface area contributed by atoms with Crippen LogP contribution in [-0.4, -0.2) is 27.3 Å². The molecule has 1 aromatic carbocycles. The Morgan fingerprint density at radius 1 is 1.35 bits per heavy atom. The number of urea groups is 1. The molecule has 1 atom stereocenters. The highest BCUT2D eigenvalue weighted by Crippen LogP contribution is 2.27. The Labute approximate surface area is 141 Å². The number of aromatic nitrogens is 3. The van der Waals surface area contributed by atoms with Gasteiger partial charge in [0.05, 0.1) is 6.04 Å². The topological polar surface area (TPSA) is 71.8 Å². The third-order valence-electron chi connectivity index (χ3n) is 3.63. The fourth-order valence-corrected chi connectivity index (χ4v) is 2.61. The zero-order chi connectivity index (χ0) is 16.8. The van der Waals surface area contributed by atoms with Crippen molar-refractivity contribution in [3.8, 4) is 0 Å². The Morgan fingerprint density at radius 2 is 2.09 bits per heavy atom. The summed E-state index contributed by atoms with van der Waals surface area (Å²) in [6.07, 6.45) is 2.13. The van der Waals surface area contributed by atoms with Crippen LogP contribution in [0, 0.1) is 5.92 Å². The summed E-state index contributed by atoms with van der Waals surface area (Å²) >= 11 is 6.25. The standard InChI is InChI=1S/C16H22ClN5O/c1-11(2)15(12-6-4-5-7-13(12)17)21-16(23)18-9-8-14-19-10-20-22(14)3/h4-7,10-11,15H,8-9H2,1-3H3,(H2,18,21,23)/t15-/m0/s1. The molecule has 0 fully saturated rings. The van der Waals surface area contributed by atoms with Crippen LogP contribution >= 0.6 is 11.6 Å². The van der Waals surface area contributed by atoms with E-state index in [1.807, 2.05) is 45.2 Å². The summed E-state index contributed by atoms with van der Waals surface area (Å²) in [4.78, 5) is 16.3. The summed E-state index contributed by atoms with van der Waals surface area (Å²) in [5.41, 5.74) is 0.924. The fourth-order valence-electron chi connectivity index (χ4n) is 2.36. The third-order valence-corrected chi connectivity index (χ3v) is 3.98. The molecule has 2 amide bonds. The van der Waals surface area contributed by atoms with Crippen molar-refractivity contribution < 1.29 is 4.79 Å². The second kappa shape index (κ2) is 7.97. The van der Waals surface area contributed by atoms with E-state index in [4.69, 9.17) is 11.6 Å². The molecule has 2 N–H and O–H groups in total. The molecular weight excluding hydrogens is 314 g/mol. The van der Waals surface area contributed by atoms with E-state index in [0.29, 0.717) is 18.0 Å². The quantitative estimate of drug-likeness (QED) is 0.852. The van der Waals surface area contributed by atoms with Gasteiger partial charge in [0.2, 0.25) is 0 Å². The second-order valence-corrected chi connectivity index (χ2v) is 6.10. The molecule has 1 heterocycles. The molecule has 2 aromatic rings. The molecule has 0 aliphatic carbocycles. The normalized spacial score (nSPS) is 12.2. The minimum absolute atomic E-state index is 0.140. The number of nitrogens with zero attached hydrogens (tertiary/aromatic N) is 3. The lowest BCUT2D eigenvalue weighted by Crippen LogP contribution is -2.40. The van der Waals surface area contributed by atoms with Gasteiger partial charge in [0.1, 0.15) is 12.2 Å². The number of amides is 2. The van der Waals surface area contributed by atoms with Crippen LogP contribution < -0.4 is 10.6 Å². The lowest BCUT2D eigenvalue weighted by atomic mass is 9.96.